The third-order valence-electron chi connectivity index (χ3n) is 3.18. The molecule has 1 unspecified atom stereocenters. The number of carboxylic acids is 1. The summed E-state index contributed by atoms with van der Waals surface area (Å²) < 4.78 is 5.86. The van der Waals surface area contributed by atoms with Gasteiger partial charge in [-0.05, 0) is 31.0 Å². The van der Waals surface area contributed by atoms with Crippen LogP contribution in [0.5, 0.6) is 0 Å². The van der Waals surface area contributed by atoms with E-state index in [-0.39, 0.29) is 11.5 Å². The second-order valence-corrected chi connectivity index (χ2v) is 10.4. The second-order valence-electron chi connectivity index (χ2n) is 5.61. The summed E-state index contributed by atoms with van der Waals surface area (Å²) in [7, 11) is -1.73. The van der Waals surface area contributed by atoms with Crippen LogP contribution in [0.1, 0.15) is 33.6 Å². The van der Waals surface area contributed by atoms with Gasteiger partial charge in [0.25, 0.3) is 0 Å². The number of aliphatic hydroxyl groups is 1. The summed E-state index contributed by atoms with van der Waals surface area (Å²) in [5.74, 6) is -1.16. The summed E-state index contributed by atoms with van der Waals surface area (Å²) in [6, 6.07) is 0. The first-order valence-electron chi connectivity index (χ1n) is 5.63. The molecule has 0 fully saturated rings. The van der Waals surface area contributed by atoms with Crippen LogP contribution in [-0.2, 0) is 9.22 Å². The van der Waals surface area contributed by atoms with Crippen LogP contribution >= 0.6 is 0 Å². The molecule has 1 atom stereocenters. The lowest BCUT2D eigenvalue weighted by atomic mass is 10.2. The standard InChI is InChI=1S/C11H24O4Si/c1-11(2,3)16(4,5)15-8-6-7-9(12)10(13)14/h9,12H,6-8H2,1-5H3,(H,13,14). The molecule has 0 aliphatic heterocycles. The predicted octanol–water partition coefficient (Wildman–Crippen LogP) is 2.23. The molecule has 4 nitrogen and oxygen atoms in total. The highest BCUT2D eigenvalue weighted by Gasteiger charge is 2.36. The van der Waals surface area contributed by atoms with Crippen LogP contribution in [0.25, 0.3) is 0 Å². The molecular formula is C11H24O4Si. The van der Waals surface area contributed by atoms with E-state index in [2.05, 4.69) is 33.9 Å². The second kappa shape index (κ2) is 5.79. The smallest absolute Gasteiger partial charge is 0.332 e. The molecule has 0 heterocycles. The van der Waals surface area contributed by atoms with Gasteiger partial charge < -0.3 is 14.6 Å². The van der Waals surface area contributed by atoms with Crippen LogP contribution < -0.4 is 0 Å². The Bertz CT molecular complexity index is 233. The van der Waals surface area contributed by atoms with Gasteiger partial charge in [0.2, 0.25) is 0 Å². The first-order valence-corrected chi connectivity index (χ1v) is 8.53. The van der Waals surface area contributed by atoms with Crippen LogP contribution in [-0.4, -0.2) is 37.2 Å². The molecule has 16 heavy (non-hydrogen) atoms. The zero-order chi connectivity index (χ0) is 13.0. The molecule has 0 radical (unpaired) electrons. The summed E-state index contributed by atoms with van der Waals surface area (Å²) in [4.78, 5) is 10.4. The van der Waals surface area contributed by atoms with E-state index in [1.807, 2.05) is 0 Å². The number of hydrogen-bond acceptors (Lipinski definition) is 3. The van der Waals surface area contributed by atoms with Crippen LogP contribution in [0, 0.1) is 0 Å². The van der Waals surface area contributed by atoms with Crippen LogP contribution in [0.3, 0.4) is 0 Å². The topological polar surface area (TPSA) is 66.8 Å². The van der Waals surface area contributed by atoms with Crippen molar-refractivity contribution in [3.63, 3.8) is 0 Å². The largest absolute Gasteiger partial charge is 0.479 e. The first kappa shape index (κ1) is 15.6. The number of carbonyl (C=O) groups is 1. The Hall–Kier alpha value is -0.393. The van der Waals surface area contributed by atoms with Gasteiger partial charge in [-0.2, -0.15) is 0 Å². The fourth-order valence-electron chi connectivity index (χ4n) is 0.944. The molecule has 0 aromatic carbocycles. The number of carboxylic acid groups (broad SMARTS) is 1. The van der Waals surface area contributed by atoms with Crippen molar-refractivity contribution in [1.29, 1.82) is 0 Å². The Morgan fingerprint density at radius 2 is 1.88 bits per heavy atom. The molecule has 0 aliphatic rings. The van der Waals surface area contributed by atoms with E-state index in [4.69, 9.17) is 14.6 Å². The Labute approximate surface area is 98.8 Å². The fraction of sp³-hybridized carbons (Fsp3) is 0.909. The number of rotatable bonds is 6. The van der Waals surface area contributed by atoms with Crippen LogP contribution in [0.15, 0.2) is 0 Å². The van der Waals surface area contributed by atoms with Crippen LogP contribution in [0.4, 0.5) is 0 Å². The quantitative estimate of drug-likeness (QED) is 0.559. The Kier molecular flexibility index (Phi) is 5.65. The van der Waals surface area contributed by atoms with Gasteiger partial charge in [0.1, 0.15) is 0 Å². The van der Waals surface area contributed by atoms with Gasteiger partial charge in [-0.25, -0.2) is 4.79 Å². The van der Waals surface area contributed by atoms with Crippen molar-refractivity contribution in [2.75, 3.05) is 6.61 Å². The first-order chi connectivity index (χ1) is 7.08. The van der Waals surface area contributed by atoms with Crippen molar-refractivity contribution < 1.29 is 19.4 Å². The van der Waals surface area contributed by atoms with E-state index in [0.29, 0.717) is 13.0 Å². The van der Waals surface area contributed by atoms with Crippen molar-refractivity contribution in [2.45, 2.75) is 57.8 Å². The third-order valence-corrected chi connectivity index (χ3v) is 7.71. The SMILES string of the molecule is CC(C)(C)[Si](C)(C)OCCCC(O)C(=O)O. The lowest BCUT2D eigenvalue weighted by Gasteiger charge is -2.36. The van der Waals surface area contributed by atoms with Gasteiger partial charge in [-0.15, -0.1) is 0 Å². The Morgan fingerprint density at radius 1 is 1.38 bits per heavy atom. The van der Waals surface area contributed by atoms with E-state index in [9.17, 15) is 4.79 Å². The molecule has 0 bridgehead atoms. The lowest BCUT2D eigenvalue weighted by Crippen LogP contribution is -2.41. The average Bonchev–Trinajstić information content (AvgIpc) is 2.09. The predicted molar refractivity (Wildman–Crippen MR) is 66.0 cm³/mol. The van der Waals surface area contributed by atoms with Gasteiger partial charge in [-0.3, -0.25) is 0 Å². The van der Waals surface area contributed by atoms with Crippen molar-refractivity contribution >= 4 is 14.3 Å². The average molecular weight is 248 g/mol. The molecule has 0 aromatic rings. The van der Waals surface area contributed by atoms with E-state index >= 15 is 0 Å². The summed E-state index contributed by atoms with van der Waals surface area (Å²) in [6.07, 6.45) is -0.424. The third kappa shape index (κ3) is 5.09. The van der Waals surface area contributed by atoms with Gasteiger partial charge in [-0.1, -0.05) is 20.8 Å². The maximum absolute atomic E-state index is 10.4. The fourth-order valence-corrected chi connectivity index (χ4v) is 2.03. The molecule has 0 aliphatic carbocycles. The number of hydrogen-bond donors (Lipinski definition) is 2. The summed E-state index contributed by atoms with van der Waals surface area (Å²) in [5.41, 5.74) is 0. The molecule has 0 aromatic heterocycles. The van der Waals surface area contributed by atoms with Gasteiger partial charge in [0.05, 0.1) is 0 Å². The molecular weight excluding hydrogens is 224 g/mol. The zero-order valence-corrected chi connectivity index (χ0v) is 11.9. The number of aliphatic hydroxyl groups excluding tert-OH is 1. The highest BCUT2D eigenvalue weighted by Crippen LogP contribution is 2.36. The summed E-state index contributed by atoms with van der Waals surface area (Å²) >= 11 is 0. The monoisotopic (exact) mass is 248 g/mol. The maximum atomic E-state index is 10.4. The zero-order valence-electron chi connectivity index (χ0n) is 10.9. The highest BCUT2D eigenvalue weighted by atomic mass is 28.4. The molecule has 0 saturated heterocycles. The van der Waals surface area contributed by atoms with Crippen molar-refractivity contribution in [2.24, 2.45) is 0 Å². The summed E-state index contributed by atoms with van der Waals surface area (Å²) in [5, 5.41) is 17.7. The lowest BCUT2D eigenvalue weighted by molar-refractivity contribution is -0.147. The molecule has 96 valence electrons. The van der Waals surface area contributed by atoms with E-state index in [1.54, 1.807) is 0 Å². The van der Waals surface area contributed by atoms with E-state index < -0.39 is 20.4 Å². The number of aliphatic carboxylic acids is 1. The molecule has 0 amide bonds. The highest BCUT2D eigenvalue weighted by molar-refractivity contribution is 6.74. The molecule has 0 spiro atoms. The van der Waals surface area contributed by atoms with Crippen LogP contribution in [0.2, 0.25) is 18.1 Å². The van der Waals surface area contributed by atoms with Gasteiger partial charge in [0, 0.05) is 6.61 Å². The Balaban J connectivity index is 3.87. The minimum Gasteiger partial charge on any atom is -0.479 e. The molecule has 0 rings (SSSR count). The molecule has 0 saturated carbocycles. The molecule has 2 N–H and O–H groups in total. The van der Waals surface area contributed by atoms with Crippen molar-refractivity contribution in [3.05, 3.63) is 0 Å². The normalized spacial score (nSPS) is 14.9. The van der Waals surface area contributed by atoms with Gasteiger partial charge in [0.15, 0.2) is 14.4 Å². The summed E-state index contributed by atoms with van der Waals surface area (Å²) in [6.45, 7) is 11.3. The minimum atomic E-state index is -1.73. The molecule has 5 heteroatoms. The maximum Gasteiger partial charge on any atom is 0.332 e. The minimum absolute atomic E-state index is 0.165. The van der Waals surface area contributed by atoms with Crippen molar-refractivity contribution in [1.82, 2.24) is 0 Å². The van der Waals surface area contributed by atoms with Crippen molar-refractivity contribution in [3.8, 4) is 0 Å². The Morgan fingerprint density at radius 3 is 2.25 bits per heavy atom. The van der Waals surface area contributed by atoms with E-state index in [0.717, 1.165) is 0 Å². The van der Waals surface area contributed by atoms with Gasteiger partial charge >= 0.3 is 5.97 Å². The van der Waals surface area contributed by atoms with E-state index in [1.165, 1.54) is 0 Å².